The molecule has 0 amide bonds. The minimum absolute atomic E-state index is 0.0697. The Bertz CT molecular complexity index is 1380. The van der Waals surface area contributed by atoms with Gasteiger partial charge in [-0.1, -0.05) is 36.4 Å². The third kappa shape index (κ3) is 4.88. The third-order valence-electron chi connectivity index (χ3n) is 6.82. The van der Waals surface area contributed by atoms with Gasteiger partial charge < -0.3 is 14.6 Å². The Balaban J connectivity index is 1.54. The van der Waals surface area contributed by atoms with Gasteiger partial charge in [0, 0.05) is 50.0 Å². The molecule has 4 aromatic rings. The van der Waals surface area contributed by atoms with Gasteiger partial charge in [-0.25, -0.2) is 4.39 Å². The molecule has 0 radical (unpaired) electrons. The molecule has 1 aliphatic rings. The summed E-state index contributed by atoms with van der Waals surface area (Å²) in [6.45, 7) is 4.97. The Morgan fingerprint density at radius 3 is 2.44 bits per heavy atom. The van der Waals surface area contributed by atoms with Gasteiger partial charge in [0.2, 0.25) is 0 Å². The number of hydrogen-bond donors (Lipinski definition) is 1. The predicted octanol–water partition coefficient (Wildman–Crippen LogP) is 4.36. The van der Waals surface area contributed by atoms with Crippen LogP contribution >= 0.6 is 0 Å². The van der Waals surface area contributed by atoms with E-state index in [1.165, 1.54) is 12.1 Å². The van der Waals surface area contributed by atoms with Gasteiger partial charge >= 0.3 is 0 Å². The highest BCUT2D eigenvalue weighted by atomic mass is 19.1. The fraction of sp³-hybridized carbons (Fsp3) is 0.241. The number of aryl methyl sites for hydroxylation is 1. The second-order valence-corrected chi connectivity index (χ2v) is 9.15. The highest BCUT2D eigenvalue weighted by Crippen LogP contribution is 2.34. The molecule has 7 heteroatoms. The lowest BCUT2D eigenvalue weighted by molar-refractivity contribution is 0.207. The number of aromatic nitrogens is 2. The van der Waals surface area contributed by atoms with Crippen LogP contribution in [0.2, 0.25) is 0 Å². The molecule has 1 atom stereocenters. The summed E-state index contributed by atoms with van der Waals surface area (Å²) in [5, 5.41) is 11.1. The zero-order valence-corrected chi connectivity index (χ0v) is 20.2. The Morgan fingerprint density at radius 1 is 0.972 bits per heavy atom. The van der Waals surface area contributed by atoms with E-state index in [-0.39, 0.29) is 22.7 Å². The Hall–Kier alpha value is -3.97. The van der Waals surface area contributed by atoms with E-state index in [4.69, 9.17) is 0 Å². The molecule has 5 rings (SSSR count). The molecular formula is C29H29FN4O2. The summed E-state index contributed by atoms with van der Waals surface area (Å²) in [4.78, 5) is 22.5. The van der Waals surface area contributed by atoms with E-state index >= 15 is 0 Å². The summed E-state index contributed by atoms with van der Waals surface area (Å²) in [6, 6.07) is 21.3. The minimum Gasteiger partial charge on any atom is -0.507 e. The molecule has 0 bridgehead atoms. The van der Waals surface area contributed by atoms with Crippen molar-refractivity contribution in [2.45, 2.75) is 19.5 Å². The maximum Gasteiger partial charge on any atom is 0.259 e. The first-order valence-corrected chi connectivity index (χ1v) is 12.1. The third-order valence-corrected chi connectivity index (χ3v) is 6.82. The quantitative estimate of drug-likeness (QED) is 0.441. The molecule has 184 valence electrons. The average Bonchev–Trinajstić information content (AvgIpc) is 2.90. The average molecular weight is 485 g/mol. The summed E-state index contributed by atoms with van der Waals surface area (Å²) in [5.74, 6) is -0.442. The molecular weight excluding hydrogens is 455 g/mol. The Kier molecular flexibility index (Phi) is 6.82. The molecule has 2 aromatic carbocycles. The summed E-state index contributed by atoms with van der Waals surface area (Å²) in [7, 11) is 0. The molecule has 1 N–H and O–H groups in total. The molecule has 36 heavy (non-hydrogen) atoms. The normalized spacial score (nSPS) is 15.1. The number of benzene rings is 2. The van der Waals surface area contributed by atoms with E-state index in [2.05, 4.69) is 26.9 Å². The van der Waals surface area contributed by atoms with E-state index in [9.17, 15) is 14.3 Å². The molecule has 0 saturated carbocycles. The molecule has 0 spiro atoms. The first-order chi connectivity index (χ1) is 17.5. The first kappa shape index (κ1) is 23.8. The number of pyridine rings is 2. The number of piperazine rings is 1. The number of para-hydroxylation sites is 1. The van der Waals surface area contributed by atoms with Gasteiger partial charge in [-0.2, -0.15) is 0 Å². The van der Waals surface area contributed by atoms with E-state index in [1.807, 2.05) is 36.4 Å². The van der Waals surface area contributed by atoms with E-state index in [0.717, 1.165) is 24.3 Å². The fourth-order valence-corrected chi connectivity index (χ4v) is 5.01. The molecule has 3 heterocycles. The lowest BCUT2D eigenvalue weighted by Gasteiger charge is -2.40. The van der Waals surface area contributed by atoms with Crippen molar-refractivity contribution in [1.82, 2.24) is 14.5 Å². The second-order valence-electron chi connectivity index (χ2n) is 9.15. The van der Waals surface area contributed by atoms with Gasteiger partial charge in [0.25, 0.3) is 5.56 Å². The van der Waals surface area contributed by atoms with Gasteiger partial charge in [0.15, 0.2) is 0 Å². The van der Waals surface area contributed by atoms with Gasteiger partial charge in [0.1, 0.15) is 11.6 Å². The molecule has 2 aromatic heterocycles. The molecule has 1 aliphatic heterocycles. The van der Waals surface area contributed by atoms with Crippen molar-refractivity contribution in [1.29, 1.82) is 0 Å². The molecule has 1 saturated heterocycles. The smallest absolute Gasteiger partial charge is 0.259 e. The number of rotatable bonds is 6. The van der Waals surface area contributed by atoms with Crippen molar-refractivity contribution in [3.05, 3.63) is 124 Å². The summed E-state index contributed by atoms with van der Waals surface area (Å²) in [6.07, 6.45) is 3.42. The van der Waals surface area contributed by atoms with Crippen molar-refractivity contribution in [2.75, 3.05) is 31.1 Å². The van der Waals surface area contributed by atoms with Crippen LogP contribution in [-0.4, -0.2) is 45.7 Å². The number of halogens is 1. The number of nitrogens with zero attached hydrogens (tertiary/aromatic N) is 4. The molecule has 6 nitrogen and oxygen atoms in total. The van der Waals surface area contributed by atoms with Crippen molar-refractivity contribution < 1.29 is 9.50 Å². The van der Waals surface area contributed by atoms with Gasteiger partial charge in [-0.3, -0.25) is 14.7 Å². The number of hydrogen-bond acceptors (Lipinski definition) is 5. The standard InChI is InChI=1S/C29H29FN4O2/c1-21-17-26(35)27(29(36)34(21)20-22-7-6-12-31-19-22)28(23-8-5-9-24(30)18-23)33-15-13-32(14-16-33)25-10-3-2-4-11-25/h2-12,17-19,28,35H,13-16,20H2,1H3/t28-/m1/s1. The molecule has 0 unspecified atom stereocenters. The van der Waals surface area contributed by atoms with Crippen LogP contribution in [0.5, 0.6) is 5.75 Å². The summed E-state index contributed by atoms with van der Waals surface area (Å²) < 4.78 is 16.0. The number of anilines is 1. The van der Waals surface area contributed by atoms with Gasteiger partial charge in [-0.15, -0.1) is 0 Å². The van der Waals surface area contributed by atoms with Crippen LogP contribution in [0.1, 0.15) is 28.4 Å². The van der Waals surface area contributed by atoms with Crippen molar-refractivity contribution in [2.24, 2.45) is 0 Å². The van der Waals surface area contributed by atoms with E-state index < -0.39 is 6.04 Å². The van der Waals surface area contributed by atoms with Crippen LogP contribution in [0.3, 0.4) is 0 Å². The fourth-order valence-electron chi connectivity index (χ4n) is 5.01. The van der Waals surface area contributed by atoms with E-state index in [1.54, 1.807) is 36.0 Å². The van der Waals surface area contributed by atoms with Crippen LogP contribution < -0.4 is 10.5 Å². The predicted molar refractivity (Wildman–Crippen MR) is 139 cm³/mol. The van der Waals surface area contributed by atoms with Crippen LogP contribution in [0, 0.1) is 12.7 Å². The summed E-state index contributed by atoms with van der Waals surface area (Å²) >= 11 is 0. The van der Waals surface area contributed by atoms with Crippen LogP contribution in [0.4, 0.5) is 10.1 Å². The number of aromatic hydroxyl groups is 1. The Morgan fingerprint density at radius 2 is 1.75 bits per heavy atom. The van der Waals surface area contributed by atoms with Gasteiger partial charge in [-0.05, 0) is 54.4 Å². The Labute approximate surface area is 209 Å². The maximum atomic E-state index is 14.3. The molecule has 0 aliphatic carbocycles. The monoisotopic (exact) mass is 484 g/mol. The van der Waals surface area contributed by atoms with Crippen LogP contribution in [0.15, 0.2) is 90.0 Å². The van der Waals surface area contributed by atoms with Crippen LogP contribution in [0.25, 0.3) is 0 Å². The van der Waals surface area contributed by atoms with Crippen LogP contribution in [-0.2, 0) is 6.54 Å². The van der Waals surface area contributed by atoms with Gasteiger partial charge in [0.05, 0.1) is 18.2 Å². The zero-order valence-electron chi connectivity index (χ0n) is 20.2. The zero-order chi connectivity index (χ0) is 25.1. The minimum atomic E-state index is -0.577. The second kappa shape index (κ2) is 10.3. The van der Waals surface area contributed by atoms with Crippen molar-refractivity contribution in [3.8, 4) is 5.75 Å². The van der Waals surface area contributed by atoms with E-state index in [0.29, 0.717) is 30.9 Å². The largest absolute Gasteiger partial charge is 0.507 e. The maximum absolute atomic E-state index is 14.3. The topological polar surface area (TPSA) is 61.6 Å². The molecule has 1 fully saturated rings. The highest BCUT2D eigenvalue weighted by molar-refractivity contribution is 5.47. The highest BCUT2D eigenvalue weighted by Gasteiger charge is 2.31. The lowest BCUT2D eigenvalue weighted by atomic mass is 9.95. The lowest BCUT2D eigenvalue weighted by Crippen LogP contribution is -2.49. The summed E-state index contributed by atoms with van der Waals surface area (Å²) in [5.41, 5.74) is 3.32. The van der Waals surface area contributed by atoms with Crippen molar-refractivity contribution in [3.63, 3.8) is 0 Å². The van der Waals surface area contributed by atoms with Crippen molar-refractivity contribution >= 4 is 5.69 Å². The first-order valence-electron chi connectivity index (χ1n) is 12.1. The SMILES string of the molecule is Cc1cc(O)c([C@@H](c2cccc(F)c2)N2CCN(c3ccccc3)CC2)c(=O)n1Cc1cccnc1.